The van der Waals surface area contributed by atoms with Crippen molar-refractivity contribution in [1.82, 2.24) is 9.71 Å². The average molecular weight is 295 g/mol. The molecule has 5 nitrogen and oxygen atoms in total. The zero-order chi connectivity index (χ0) is 14.3. The van der Waals surface area contributed by atoms with Crippen molar-refractivity contribution >= 4 is 15.7 Å². The van der Waals surface area contributed by atoms with E-state index in [4.69, 9.17) is 0 Å². The lowest BCUT2D eigenvalue weighted by molar-refractivity contribution is -0.160. The lowest BCUT2D eigenvalue weighted by Gasteiger charge is -2.20. The Bertz CT molecular complexity index is 582. The van der Waals surface area contributed by atoms with Gasteiger partial charge in [0.15, 0.2) is 5.03 Å². The van der Waals surface area contributed by atoms with E-state index < -0.39 is 26.8 Å². The molecule has 0 aliphatic heterocycles. The van der Waals surface area contributed by atoms with Crippen molar-refractivity contribution < 1.29 is 21.6 Å². The van der Waals surface area contributed by atoms with Crippen LogP contribution in [0.3, 0.4) is 0 Å². The first-order valence-corrected chi connectivity index (χ1v) is 6.94. The lowest BCUT2D eigenvalue weighted by atomic mass is 10.3. The summed E-state index contributed by atoms with van der Waals surface area (Å²) in [7, 11) is -2.86. The highest BCUT2D eigenvalue weighted by Crippen LogP contribution is 2.49. The van der Waals surface area contributed by atoms with Gasteiger partial charge in [-0.05, 0) is 25.0 Å². The van der Waals surface area contributed by atoms with E-state index in [1.807, 2.05) is 0 Å². The molecule has 1 aliphatic rings. The number of aromatic nitrogens is 1. The number of rotatable bonds is 4. The Morgan fingerprint density at radius 2 is 2.00 bits per heavy atom. The molecule has 0 unspecified atom stereocenters. The summed E-state index contributed by atoms with van der Waals surface area (Å²) in [5.74, 6) is 0. The smallest absolute Gasteiger partial charge is 0.386 e. The second kappa shape index (κ2) is 4.34. The van der Waals surface area contributed by atoms with Crippen LogP contribution in [0.5, 0.6) is 0 Å². The Morgan fingerprint density at radius 3 is 2.47 bits per heavy atom. The summed E-state index contributed by atoms with van der Waals surface area (Å²) < 4.78 is 64.0. The molecular formula is C10H12F3N3O2S. The number of hydrogen-bond donors (Lipinski definition) is 2. The van der Waals surface area contributed by atoms with Gasteiger partial charge in [0.25, 0.3) is 10.0 Å². The number of alkyl halides is 3. The Balaban J connectivity index is 2.34. The molecule has 9 heteroatoms. The molecule has 0 saturated heterocycles. The molecule has 1 aromatic heterocycles. The molecule has 0 atom stereocenters. The van der Waals surface area contributed by atoms with Crippen LogP contribution in [-0.4, -0.2) is 32.2 Å². The van der Waals surface area contributed by atoms with Crippen molar-refractivity contribution in [2.24, 2.45) is 0 Å². The molecule has 19 heavy (non-hydrogen) atoms. The predicted molar refractivity (Wildman–Crippen MR) is 62.1 cm³/mol. The van der Waals surface area contributed by atoms with Crippen LogP contribution in [0.25, 0.3) is 0 Å². The molecule has 1 aromatic rings. The van der Waals surface area contributed by atoms with Crippen molar-refractivity contribution in [2.45, 2.75) is 29.6 Å². The minimum atomic E-state index is -4.60. The van der Waals surface area contributed by atoms with Gasteiger partial charge in [-0.25, -0.2) is 13.4 Å². The van der Waals surface area contributed by atoms with Gasteiger partial charge in [0.2, 0.25) is 0 Å². The Hall–Kier alpha value is -1.35. The van der Waals surface area contributed by atoms with Crippen LogP contribution in [0.2, 0.25) is 0 Å². The maximum Gasteiger partial charge on any atom is 0.407 e. The van der Waals surface area contributed by atoms with E-state index in [9.17, 15) is 21.6 Å². The van der Waals surface area contributed by atoms with Crippen LogP contribution in [0.4, 0.5) is 18.9 Å². The van der Waals surface area contributed by atoms with Crippen LogP contribution >= 0.6 is 0 Å². The maximum absolute atomic E-state index is 12.8. The van der Waals surface area contributed by atoms with Gasteiger partial charge < -0.3 is 5.32 Å². The van der Waals surface area contributed by atoms with E-state index in [-0.39, 0.29) is 18.5 Å². The summed E-state index contributed by atoms with van der Waals surface area (Å²) in [5, 5.41) is 2.15. The number of nitrogens with zero attached hydrogens (tertiary/aromatic N) is 1. The van der Waals surface area contributed by atoms with Gasteiger partial charge in [0, 0.05) is 13.2 Å². The quantitative estimate of drug-likeness (QED) is 0.883. The third-order valence-electron chi connectivity index (χ3n) is 2.92. The van der Waals surface area contributed by atoms with Crippen LogP contribution in [0.15, 0.2) is 23.4 Å². The summed E-state index contributed by atoms with van der Waals surface area (Å²) in [5.41, 5.74) is -2.19. The second-order valence-electron chi connectivity index (χ2n) is 4.29. The number of anilines is 1. The predicted octanol–water partition coefficient (Wildman–Crippen LogP) is 1.50. The number of nitrogens with one attached hydrogen (secondary N) is 2. The SMILES string of the molecule is CNc1cccnc1S(=O)(=O)NC1(C(F)(F)F)CC1. The molecule has 0 amide bonds. The van der Waals surface area contributed by atoms with Crippen LogP contribution in [0, 0.1) is 0 Å². The zero-order valence-electron chi connectivity index (χ0n) is 9.95. The summed E-state index contributed by atoms with van der Waals surface area (Å²) >= 11 is 0. The zero-order valence-corrected chi connectivity index (χ0v) is 10.8. The monoisotopic (exact) mass is 295 g/mol. The van der Waals surface area contributed by atoms with E-state index >= 15 is 0 Å². The largest absolute Gasteiger partial charge is 0.407 e. The number of halogens is 3. The van der Waals surface area contributed by atoms with Crippen molar-refractivity contribution in [3.63, 3.8) is 0 Å². The molecule has 1 heterocycles. The molecule has 0 aromatic carbocycles. The Kier molecular flexibility index (Phi) is 3.21. The van der Waals surface area contributed by atoms with Gasteiger partial charge in [-0.2, -0.15) is 17.9 Å². The third kappa shape index (κ3) is 2.52. The minimum Gasteiger partial charge on any atom is -0.386 e. The van der Waals surface area contributed by atoms with E-state index in [1.165, 1.54) is 25.4 Å². The van der Waals surface area contributed by atoms with E-state index in [2.05, 4.69) is 10.3 Å². The number of pyridine rings is 1. The van der Waals surface area contributed by atoms with Gasteiger partial charge in [-0.15, -0.1) is 0 Å². The van der Waals surface area contributed by atoms with E-state index in [1.54, 1.807) is 4.72 Å². The molecule has 2 rings (SSSR count). The van der Waals surface area contributed by atoms with Gasteiger partial charge in [-0.1, -0.05) is 0 Å². The molecule has 0 bridgehead atoms. The third-order valence-corrected chi connectivity index (χ3v) is 4.41. The first-order valence-electron chi connectivity index (χ1n) is 5.45. The topological polar surface area (TPSA) is 71.1 Å². The Morgan fingerprint density at radius 1 is 1.37 bits per heavy atom. The summed E-state index contributed by atoms with van der Waals surface area (Å²) in [6.45, 7) is 0. The first kappa shape index (κ1) is 14.1. The van der Waals surface area contributed by atoms with Gasteiger partial charge in [0.05, 0.1) is 5.69 Å². The highest BCUT2D eigenvalue weighted by molar-refractivity contribution is 7.89. The molecule has 0 spiro atoms. The van der Waals surface area contributed by atoms with E-state index in [0.29, 0.717) is 0 Å². The lowest BCUT2D eigenvalue weighted by Crippen LogP contribution is -2.48. The fourth-order valence-corrected chi connectivity index (χ4v) is 3.26. The van der Waals surface area contributed by atoms with Crippen molar-refractivity contribution in [3.05, 3.63) is 18.3 Å². The molecule has 2 N–H and O–H groups in total. The average Bonchev–Trinajstić information content (AvgIpc) is 3.08. The first-order chi connectivity index (χ1) is 8.72. The fraction of sp³-hybridized carbons (Fsp3) is 0.500. The van der Waals surface area contributed by atoms with Gasteiger partial charge >= 0.3 is 6.18 Å². The molecule has 1 fully saturated rings. The Labute approximate surface area is 108 Å². The van der Waals surface area contributed by atoms with Crippen LogP contribution in [-0.2, 0) is 10.0 Å². The number of sulfonamides is 1. The van der Waals surface area contributed by atoms with Crippen molar-refractivity contribution in [2.75, 3.05) is 12.4 Å². The highest BCUT2D eigenvalue weighted by Gasteiger charge is 2.65. The second-order valence-corrected chi connectivity index (χ2v) is 5.89. The normalized spacial score (nSPS) is 18.1. The number of hydrogen-bond acceptors (Lipinski definition) is 4. The molecular weight excluding hydrogens is 283 g/mol. The molecule has 0 radical (unpaired) electrons. The molecule has 1 aliphatic carbocycles. The van der Waals surface area contributed by atoms with E-state index in [0.717, 1.165) is 0 Å². The summed E-state index contributed by atoms with van der Waals surface area (Å²) in [4.78, 5) is 3.63. The standard InChI is InChI=1S/C10H12F3N3O2S/c1-14-7-3-2-6-15-8(7)19(17,18)16-9(4-5-9)10(11,12)13/h2-3,6,14,16H,4-5H2,1H3. The van der Waals surface area contributed by atoms with Crippen molar-refractivity contribution in [1.29, 1.82) is 0 Å². The van der Waals surface area contributed by atoms with Crippen LogP contribution < -0.4 is 10.0 Å². The summed E-state index contributed by atoms with van der Waals surface area (Å²) in [6.07, 6.45) is -3.90. The minimum absolute atomic E-state index is 0.146. The molecule has 106 valence electrons. The highest BCUT2D eigenvalue weighted by atomic mass is 32.2. The van der Waals surface area contributed by atoms with Crippen LogP contribution in [0.1, 0.15) is 12.8 Å². The fourth-order valence-electron chi connectivity index (χ4n) is 1.67. The van der Waals surface area contributed by atoms with Crippen molar-refractivity contribution in [3.8, 4) is 0 Å². The van der Waals surface area contributed by atoms with Gasteiger partial charge in [-0.3, -0.25) is 0 Å². The van der Waals surface area contributed by atoms with Gasteiger partial charge in [0.1, 0.15) is 5.54 Å². The summed E-state index contributed by atoms with van der Waals surface area (Å²) in [6, 6.07) is 2.91. The maximum atomic E-state index is 12.8. The molecule has 1 saturated carbocycles.